The lowest BCUT2D eigenvalue weighted by molar-refractivity contribution is -0.123. The second kappa shape index (κ2) is 11.2. The second-order valence-electron chi connectivity index (χ2n) is 12.2. The lowest BCUT2D eigenvalue weighted by atomic mass is 9.59. The number of para-hydroxylation sites is 2. The highest BCUT2D eigenvalue weighted by molar-refractivity contribution is 9.12. The molecule has 4 aromatic rings. The number of phenols is 1. The molecule has 10 nitrogen and oxygen atoms in total. The van der Waals surface area contributed by atoms with E-state index in [1.165, 1.54) is 25.2 Å². The first kappa shape index (κ1) is 30.1. The molecule has 240 valence electrons. The number of rotatable bonds is 5. The smallest absolute Gasteiger partial charge is 0.238 e. The summed E-state index contributed by atoms with van der Waals surface area (Å²) in [5, 5.41) is 10.6. The van der Waals surface area contributed by atoms with Crippen LogP contribution < -0.4 is 14.4 Å². The van der Waals surface area contributed by atoms with E-state index in [2.05, 4.69) is 20.9 Å². The van der Waals surface area contributed by atoms with Crippen LogP contribution in [0.2, 0.25) is 0 Å². The lowest BCUT2D eigenvalue weighted by Crippen LogP contribution is -2.39. The van der Waals surface area contributed by atoms with Gasteiger partial charge in [0.05, 0.1) is 36.2 Å². The first-order valence-corrected chi connectivity index (χ1v) is 16.2. The molecule has 3 aromatic carbocycles. The van der Waals surface area contributed by atoms with Crippen LogP contribution in [0.1, 0.15) is 24.3 Å². The normalized spacial score (nSPS) is 23.5. The van der Waals surface area contributed by atoms with Crippen molar-refractivity contribution in [3.05, 3.63) is 99.6 Å². The molecule has 0 bridgehead atoms. The van der Waals surface area contributed by atoms with E-state index in [-0.39, 0.29) is 58.0 Å². The molecule has 0 spiro atoms. The first-order valence-electron chi connectivity index (χ1n) is 15.4. The number of hydrogen-bond donors (Lipinski definition) is 1. The Morgan fingerprint density at radius 2 is 1.65 bits per heavy atom. The molecule has 1 N–H and O–H groups in total. The van der Waals surface area contributed by atoms with Gasteiger partial charge < -0.3 is 19.0 Å². The number of carbonyl (C=O) groups excluding carboxylic acids is 4. The number of amides is 2. The van der Waals surface area contributed by atoms with Crippen LogP contribution in [0.25, 0.3) is 22.6 Å². The molecule has 4 aliphatic rings. The highest BCUT2D eigenvalue weighted by Gasteiger charge is 2.56. The van der Waals surface area contributed by atoms with Gasteiger partial charge in [-0.3, -0.25) is 24.1 Å². The van der Waals surface area contributed by atoms with Gasteiger partial charge in [-0.2, -0.15) is 0 Å². The average Bonchev–Trinajstić information content (AvgIpc) is 3.64. The van der Waals surface area contributed by atoms with Crippen molar-refractivity contribution in [3.63, 3.8) is 0 Å². The summed E-state index contributed by atoms with van der Waals surface area (Å²) in [6.45, 7) is 0. The van der Waals surface area contributed by atoms with Gasteiger partial charge in [0.25, 0.3) is 0 Å². The molecular formula is C37H27BrN2O8. The molecule has 4 atom stereocenters. The molecule has 48 heavy (non-hydrogen) atoms. The molecule has 2 heterocycles. The predicted octanol–water partition coefficient (Wildman–Crippen LogP) is 6.18. The number of ether oxygens (including phenoxy) is 2. The zero-order valence-corrected chi connectivity index (χ0v) is 27.3. The third-order valence-electron chi connectivity index (χ3n) is 9.83. The van der Waals surface area contributed by atoms with E-state index >= 15 is 0 Å². The van der Waals surface area contributed by atoms with Gasteiger partial charge in [0.15, 0.2) is 28.6 Å². The molecule has 0 saturated carbocycles. The fraction of sp³-hybridized carbons (Fsp3) is 0.216. The number of nitrogens with zero attached hydrogens (tertiary/aromatic N) is 2. The van der Waals surface area contributed by atoms with E-state index in [9.17, 15) is 24.3 Å². The number of fused-ring (bicyclic) bond motifs is 4. The SMILES string of the molecule is COc1cc(C2C3=CCC4C(=O)N(c5ccc(-c6nc7ccccc7o6)cc5)C(=O)C4C3CC3=C2C(=O)C=C(Br)C3=O)cc(OC)c1O. The maximum atomic E-state index is 14.3. The summed E-state index contributed by atoms with van der Waals surface area (Å²) in [7, 11) is 2.81. The van der Waals surface area contributed by atoms with Gasteiger partial charge in [-0.15, -0.1) is 0 Å². The van der Waals surface area contributed by atoms with Crippen LogP contribution in [0, 0.1) is 17.8 Å². The molecule has 2 amide bonds. The van der Waals surface area contributed by atoms with Gasteiger partial charge in [-0.25, -0.2) is 4.98 Å². The topological polar surface area (TPSA) is 136 Å². The first-order chi connectivity index (χ1) is 23.2. The molecule has 4 unspecified atom stereocenters. The molecule has 1 aromatic heterocycles. The van der Waals surface area contributed by atoms with Gasteiger partial charge >= 0.3 is 0 Å². The summed E-state index contributed by atoms with van der Waals surface area (Å²) >= 11 is 3.25. The molecule has 1 aliphatic heterocycles. The molecule has 1 fully saturated rings. The molecular weight excluding hydrogens is 680 g/mol. The van der Waals surface area contributed by atoms with E-state index in [4.69, 9.17) is 13.9 Å². The van der Waals surface area contributed by atoms with Crippen LogP contribution in [-0.2, 0) is 19.2 Å². The van der Waals surface area contributed by atoms with Gasteiger partial charge in [0, 0.05) is 28.7 Å². The van der Waals surface area contributed by atoms with Crippen molar-refractivity contribution in [2.45, 2.75) is 18.8 Å². The quantitative estimate of drug-likeness (QED) is 0.146. The Balaban J connectivity index is 1.18. The number of Topliss-reactive ketones (excluding diaryl/α,β-unsaturated/α-hetero) is 1. The number of halogens is 1. The number of methoxy groups -OCH3 is 2. The maximum Gasteiger partial charge on any atom is 0.238 e. The minimum atomic E-state index is -0.751. The summed E-state index contributed by atoms with van der Waals surface area (Å²) < 4.78 is 16.9. The van der Waals surface area contributed by atoms with Crippen LogP contribution in [0.15, 0.2) is 98.4 Å². The van der Waals surface area contributed by atoms with E-state index < -0.39 is 23.7 Å². The number of oxazole rings is 1. The summed E-state index contributed by atoms with van der Waals surface area (Å²) in [5.41, 5.74) is 4.44. The molecule has 8 rings (SSSR count). The number of phenolic OH excluding ortho intramolecular Hbond substituents is 1. The number of hydrogen-bond acceptors (Lipinski definition) is 9. The van der Waals surface area contributed by atoms with Crippen LogP contribution >= 0.6 is 15.9 Å². The largest absolute Gasteiger partial charge is 0.502 e. The standard InChI is InChI=1S/C37H27BrN2O8/c1-46-28-13-18(14-29(47-2)34(28)43)30-20-11-12-21-31(22(20)15-23-32(30)26(41)16-24(38)33(23)42)37(45)40(36(21)44)19-9-7-17(8-10-19)35-39-25-5-3-4-6-27(25)48-35/h3-11,13-14,16,21-22,30-31,43H,12,15H2,1-2H3. The van der Waals surface area contributed by atoms with E-state index in [0.717, 1.165) is 11.1 Å². The molecule has 0 radical (unpaired) electrons. The Labute approximate surface area is 282 Å². The lowest BCUT2D eigenvalue weighted by Gasteiger charge is -2.42. The van der Waals surface area contributed by atoms with Crippen molar-refractivity contribution in [2.24, 2.45) is 17.8 Å². The van der Waals surface area contributed by atoms with Gasteiger partial charge in [0.2, 0.25) is 23.5 Å². The summed E-state index contributed by atoms with van der Waals surface area (Å²) in [5.74, 6) is -3.50. The number of ketones is 2. The fourth-order valence-electron chi connectivity index (χ4n) is 7.67. The summed E-state index contributed by atoms with van der Waals surface area (Å²) in [6, 6.07) is 17.6. The highest BCUT2D eigenvalue weighted by Crippen LogP contribution is 2.56. The maximum absolute atomic E-state index is 14.3. The van der Waals surface area contributed by atoms with Crippen molar-refractivity contribution in [1.29, 1.82) is 0 Å². The van der Waals surface area contributed by atoms with Gasteiger partial charge in [-0.1, -0.05) is 23.8 Å². The van der Waals surface area contributed by atoms with Crippen molar-refractivity contribution < 1.29 is 38.2 Å². The van der Waals surface area contributed by atoms with Crippen molar-refractivity contribution >= 4 is 56.1 Å². The van der Waals surface area contributed by atoms with Crippen LogP contribution in [0.3, 0.4) is 0 Å². The summed E-state index contributed by atoms with van der Waals surface area (Å²) in [6.07, 6.45) is 3.61. The van der Waals surface area contributed by atoms with Gasteiger partial charge in [-0.05, 0) is 88.8 Å². The number of aromatic nitrogens is 1. The van der Waals surface area contributed by atoms with Crippen molar-refractivity contribution in [2.75, 3.05) is 19.1 Å². The predicted molar refractivity (Wildman–Crippen MR) is 178 cm³/mol. The number of imide groups is 1. The van der Waals surface area contributed by atoms with E-state index in [0.29, 0.717) is 39.4 Å². The minimum absolute atomic E-state index is 0.127. The summed E-state index contributed by atoms with van der Waals surface area (Å²) in [4.78, 5) is 61.2. The molecule has 3 aliphatic carbocycles. The number of allylic oxidation sites excluding steroid dienone is 6. The highest BCUT2D eigenvalue weighted by atomic mass is 79.9. The number of aromatic hydroxyl groups is 1. The Morgan fingerprint density at radius 3 is 2.33 bits per heavy atom. The van der Waals surface area contributed by atoms with Crippen LogP contribution in [0.5, 0.6) is 17.2 Å². The van der Waals surface area contributed by atoms with Crippen molar-refractivity contribution in [3.8, 4) is 28.7 Å². The Bertz CT molecular complexity index is 2140. The third-order valence-corrected chi connectivity index (χ3v) is 10.4. The van der Waals surface area contributed by atoms with Crippen molar-refractivity contribution in [1.82, 2.24) is 4.98 Å². The zero-order chi connectivity index (χ0) is 33.4. The fourth-order valence-corrected chi connectivity index (χ4v) is 8.12. The number of carbonyl (C=O) groups is 4. The minimum Gasteiger partial charge on any atom is -0.502 e. The second-order valence-corrected chi connectivity index (χ2v) is 13.1. The van der Waals surface area contributed by atoms with Crippen LogP contribution in [-0.4, -0.2) is 47.7 Å². The van der Waals surface area contributed by atoms with E-state index in [1.807, 2.05) is 30.3 Å². The Morgan fingerprint density at radius 1 is 0.938 bits per heavy atom. The van der Waals surface area contributed by atoms with Gasteiger partial charge in [0.1, 0.15) is 5.52 Å². The average molecular weight is 708 g/mol. The zero-order valence-electron chi connectivity index (χ0n) is 25.7. The Hall–Kier alpha value is -5.29. The molecule has 1 saturated heterocycles. The Kier molecular flexibility index (Phi) is 6.99. The number of anilines is 1. The monoisotopic (exact) mass is 706 g/mol. The van der Waals surface area contributed by atoms with Crippen LogP contribution in [0.4, 0.5) is 5.69 Å². The van der Waals surface area contributed by atoms with E-state index in [1.54, 1.807) is 36.4 Å². The third kappa shape index (κ3) is 4.41. The number of benzene rings is 3. The molecule has 11 heteroatoms.